The van der Waals surface area contributed by atoms with Crippen molar-refractivity contribution in [2.75, 3.05) is 17.2 Å². The van der Waals surface area contributed by atoms with E-state index in [9.17, 15) is 13.2 Å². The minimum absolute atomic E-state index is 0.220. The van der Waals surface area contributed by atoms with E-state index >= 15 is 0 Å². The molecular weight excluding hydrogens is 427 g/mol. The van der Waals surface area contributed by atoms with Gasteiger partial charge in [-0.2, -0.15) is 13.2 Å². The number of rotatable bonds is 5. The molecule has 0 amide bonds. The van der Waals surface area contributed by atoms with E-state index in [0.29, 0.717) is 24.4 Å². The molecule has 0 radical (unpaired) electrons. The minimum Gasteiger partial charge on any atom is -0.368 e. The third kappa shape index (κ3) is 4.90. The fourth-order valence-corrected chi connectivity index (χ4v) is 4.09. The summed E-state index contributed by atoms with van der Waals surface area (Å²) in [5.74, 6) is 0.938. The van der Waals surface area contributed by atoms with Gasteiger partial charge >= 0.3 is 6.18 Å². The lowest BCUT2D eigenvalue weighted by atomic mass is 9.98. The van der Waals surface area contributed by atoms with Crippen LogP contribution in [0.2, 0.25) is 5.02 Å². The summed E-state index contributed by atoms with van der Waals surface area (Å²) in [6, 6.07) is 8.90. The number of anilines is 2. The molecule has 0 atom stereocenters. The number of nitrogens with zero attached hydrogens (tertiary/aromatic N) is 4. The molecule has 4 rings (SSSR count). The van der Waals surface area contributed by atoms with Crippen molar-refractivity contribution in [1.29, 1.82) is 0 Å². The largest absolute Gasteiger partial charge is 0.416 e. The van der Waals surface area contributed by atoms with Crippen molar-refractivity contribution in [3.8, 4) is 0 Å². The number of aryl methyl sites for hydroxylation is 2. The molecule has 2 N–H and O–H groups in total. The zero-order chi connectivity index (χ0) is 22.0. The molecule has 1 aliphatic rings. The SMILES string of the molecule is Nc1nc(CCCc2ccc(C(F)(F)F)cc2)c2c(n1)CN(c1ncccc1Cl)CC2. The Morgan fingerprint density at radius 1 is 1.06 bits per heavy atom. The van der Waals surface area contributed by atoms with Crippen molar-refractivity contribution in [3.05, 3.63) is 75.7 Å². The summed E-state index contributed by atoms with van der Waals surface area (Å²) in [5, 5.41) is 0.588. The summed E-state index contributed by atoms with van der Waals surface area (Å²) in [5.41, 5.74) is 9.03. The second kappa shape index (κ2) is 8.70. The number of aromatic nitrogens is 3. The fraction of sp³-hybridized carbons (Fsp3) is 0.318. The highest BCUT2D eigenvalue weighted by Gasteiger charge is 2.30. The molecule has 0 aliphatic carbocycles. The number of halogens is 4. The summed E-state index contributed by atoms with van der Waals surface area (Å²) >= 11 is 6.28. The van der Waals surface area contributed by atoms with Gasteiger partial charge in [0.25, 0.3) is 0 Å². The van der Waals surface area contributed by atoms with Crippen molar-refractivity contribution in [3.63, 3.8) is 0 Å². The van der Waals surface area contributed by atoms with Crippen LogP contribution in [0.25, 0.3) is 0 Å². The molecule has 0 bridgehead atoms. The lowest BCUT2D eigenvalue weighted by Gasteiger charge is -2.30. The van der Waals surface area contributed by atoms with Crippen LogP contribution < -0.4 is 10.6 Å². The predicted molar refractivity (Wildman–Crippen MR) is 114 cm³/mol. The molecule has 3 heterocycles. The molecule has 0 saturated carbocycles. The minimum atomic E-state index is -4.32. The highest BCUT2D eigenvalue weighted by Crippen LogP contribution is 2.30. The number of hydrogen-bond donors (Lipinski definition) is 1. The summed E-state index contributed by atoms with van der Waals surface area (Å²) in [6.45, 7) is 1.29. The van der Waals surface area contributed by atoms with Crippen molar-refractivity contribution in [2.45, 2.75) is 38.4 Å². The van der Waals surface area contributed by atoms with Crippen LogP contribution in [-0.4, -0.2) is 21.5 Å². The highest BCUT2D eigenvalue weighted by atomic mass is 35.5. The Morgan fingerprint density at radius 3 is 2.55 bits per heavy atom. The van der Waals surface area contributed by atoms with E-state index in [1.54, 1.807) is 18.3 Å². The molecule has 0 saturated heterocycles. The van der Waals surface area contributed by atoms with Crippen molar-refractivity contribution in [1.82, 2.24) is 15.0 Å². The standard InChI is InChI=1S/C22H21ClF3N5/c23-17-4-2-11-28-20(17)31-12-10-16-18(29-21(27)30-19(16)13-31)5-1-3-14-6-8-15(9-7-14)22(24,25)26/h2,4,6-9,11H,1,3,5,10,12-13H2,(H2,27,29,30). The van der Waals surface area contributed by atoms with E-state index in [2.05, 4.69) is 19.9 Å². The summed E-state index contributed by atoms with van der Waals surface area (Å²) in [4.78, 5) is 15.3. The first-order valence-corrected chi connectivity index (χ1v) is 10.3. The normalized spacial score (nSPS) is 13.9. The topological polar surface area (TPSA) is 67.9 Å². The molecule has 31 heavy (non-hydrogen) atoms. The molecule has 5 nitrogen and oxygen atoms in total. The third-order valence-electron chi connectivity index (χ3n) is 5.37. The van der Waals surface area contributed by atoms with Crippen molar-refractivity contribution >= 4 is 23.4 Å². The van der Waals surface area contributed by atoms with E-state index in [-0.39, 0.29) is 5.95 Å². The molecule has 1 aromatic carbocycles. The van der Waals surface area contributed by atoms with Gasteiger partial charge < -0.3 is 10.6 Å². The molecule has 1 aliphatic heterocycles. The first kappa shape index (κ1) is 21.4. The molecular formula is C22H21ClF3N5. The van der Waals surface area contributed by atoms with E-state index in [1.165, 1.54) is 12.1 Å². The Balaban J connectivity index is 1.44. The van der Waals surface area contributed by atoms with Gasteiger partial charge in [-0.25, -0.2) is 15.0 Å². The molecule has 162 valence electrons. The van der Waals surface area contributed by atoms with E-state index in [1.807, 2.05) is 0 Å². The average Bonchev–Trinajstić information content (AvgIpc) is 2.73. The van der Waals surface area contributed by atoms with Gasteiger partial charge in [0, 0.05) is 18.4 Å². The predicted octanol–water partition coefficient (Wildman–Crippen LogP) is 4.86. The number of benzene rings is 1. The number of alkyl halides is 3. The van der Waals surface area contributed by atoms with E-state index in [4.69, 9.17) is 17.3 Å². The average molecular weight is 448 g/mol. The van der Waals surface area contributed by atoms with Gasteiger partial charge in [-0.15, -0.1) is 0 Å². The number of nitrogens with two attached hydrogens (primary N) is 1. The summed E-state index contributed by atoms with van der Waals surface area (Å²) < 4.78 is 38.1. The second-order valence-electron chi connectivity index (χ2n) is 7.48. The van der Waals surface area contributed by atoms with Gasteiger partial charge in [-0.3, -0.25) is 0 Å². The van der Waals surface area contributed by atoms with Crippen LogP contribution in [0, 0.1) is 0 Å². The van der Waals surface area contributed by atoms with Crippen LogP contribution in [0.3, 0.4) is 0 Å². The number of fused-ring (bicyclic) bond motifs is 1. The van der Waals surface area contributed by atoms with E-state index in [0.717, 1.165) is 59.9 Å². The molecule has 0 unspecified atom stereocenters. The Bertz CT molecular complexity index is 1070. The molecule has 2 aromatic heterocycles. The Kier molecular flexibility index (Phi) is 6.00. The molecule has 9 heteroatoms. The zero-order valence-electron chi connectivity index (χ0n) is 16.7. The molecule has 3 aromatic rings. The lowest BCUT2D eigenvalue weighted by Crippen LogP contribution is -2.33. The third-order valence-corrected chi connectivity index (χ3v) is 5.66. The molecule has 0 fully saturated rings. The smallest absolute Gasteiger partial charge is 0.368 e. The number of pyridine rings is 1. The van der Waals surface area contributed by atoms with Crippen LogP contribution >= 0.6 is 11.6 Å². The Hall–Kier alpha value is -2.87. The molecule has 0 spiro atoms. The van der Waals surface area contributed by atoms with Gasteiger partial charge in [0.2, 0.25) is 5.95 Å². The lowest BCUT2D eigenvalue weighted by molar-refractivity contribution is -0.137. The number of hydrogen-bond acceptors (Lipinski definition) is 5. The van der Waals surface area contributed by atoms with Gasteiger partial charge in [0.05, 0.1) is 22.8 Å². The van der Waals surface area contributed by atoms with Crippen LogP contribution in [0.4, 0.5) is 24.9 Å². The van der Waals surface area contributed by atoms with Crippen LogP contribution in [-0.2, 0) is 32.0 Å². The quantitative estimate of drug-likeness (QED) is 0.604. The van der Waals surface area contributed by atoms with Crippen LogP contribution in [0.5, 0.6) is 0 Å². The van der Waals surface area contributed by atoms with Crippen LogP contribution in [0.15, 0.2) is 42.6 Å². The van der Waals surface area contributed by atoms with Crippen molar-refractivity contribution in [2.24, 2.45) is 0 Å². The zero-order valence-corrected chi connectivity index (χ0v) is 17.4. The van der Waals surface area contributed by atoms with Gasteiger partial charge in [-0.1, -0.05) is 23.7 Å². The monoisotopic (exact) mass is 447 g/mol. The second-order valence-corrected chi connectivity index (χ2v) is 7.89. The number of nitrogen functional groups attached to an aromatic ring is 1. The summed E-state index contributed by atoms with van der Waals surface area (Å²) in [6.07, 6.45) is 0.232. The van der Waals surface area contributed by atoms with Gasteiger partial charge in [0.1, 0.15) is 5.82 Å². The van der Waals surface area contributed by atoms with Gasteiger partial charge in [-0.05, 0) is 61.1 Å². The van der Waals surface area contributed by atoms with Crippen LogP contribution in [0.1, 0.15) is 34.5 Å². The summed E-state index contributed by atoms with van der Waals surface area (Å²) in [7, 11) is 0. The Labute approximate surface area is 183 Å². The Morgan fingerprint density at radius 2 is 1.84 bits per heavy atom. The van der Waals surface area contributed by atoms with Gasteiger partial charge in [0.15, 0.2) is 0 Å². The highest BCUT2D eigenvalue weighted by molar-refractivity contribution is 6.32. The maximum Gasteiger partial charge on any atom is 0.416 e. The maximum absolute atomic E-state index is 12.7. The first-order valence-electron chi connectivity index (χ1n) is 9.97. The van der Waals surface area contributed by atoms with E-state index < -0.39 is 11.7 Å². The maximum atomic E-state index is 12.7. The fourth-order valence-electron chi connectivity index (χ4n) is 3.85. The van der Waals surface area contributed by atoms with Crippen molar-refractivity contribution < 1.29 is 13.2 Å². The first-order chi connectivity index (χ1) is 14.8.